The number of nitrogens with one attached hydrogen (secondary N) is 1. The average Bonchev–Trinajstić information content (AvgIpc) is 2.02. The third-order valence-corrected chi connectivity index (χ3v) is 2.00. The van der Waals surface area contributed by atoms with Crippen molar-refractivity contribution in [3.05, 3.63) is 0 Å². The smallest absolute Gasteiger partial charge is 0.223 e. The lowest BCUT2D eigenvalue weighted by molar-refractivity contribution is -0.192. The Morgan fingerprint density at radius 2 is 1.50 bits per heavy atom. The number of aliphatic hydroxyl groups is 2. The maximum atomic E-state index is 11.0. The molecule has 14 heavy (non-hydrogen) atoms. The normalized spacial score (nSPS) is 27.7. The summed E-state index contributed by atoms with van der Waals surface area (Å²) in [6, 6.07) is 0. The molecule has 2 atom stereocenters. The first kappa shape index (κ1) is 10.9. The summed E-state index contributed by atoms with van der Waals surface area (Å²) < 4.78 is 0. The van der Waals surface area contributed by atoms with Gasteiger partial charge in [-0.15, -0.1) is 0 Å². The lowest BCUT2D eigenvalue weighted by atomic mass is 10.4. The second kappa shape index (κ2) is 3.91. The molecule has 0 bridgehead atoms. The van der Waals surface area contributed by atoms with E-state index < -0.39 is 12.7 Å². The summed E-state index contributed by atoms with van der Waals surface area (Å²) in [4.78, 5) is 24.0. The van der Waals surface area contributed by atoms with Crippen molar-refractivity contribution >= 4 is 11.8 Å². The van der Waals surface area contributed by atoms with Gasteiger partial charge in [0.15, 0.2) is 12.7 Å². The van der Waals surface area contributed by atoms with Crippen LogP contribution in [-0.4, -0.2) is 51.2 Å². The summed E-state index contributed by atoms with van der Waals surface area (Å²) >= 11 is 0. The Bertz CT molecular complexity index is 233. The lowest BCUT2D eigenvalue weighted by Gasteiger charge is -2.41. The number of rotatable bonds is 0. The Hall–Kier alpha value is -1.18. The highest BCUT2D eigenvalue weighted by Gasteiger charge is 2.33. The fraction of sp³-hybridized carbons (Fsp3) is 0.714. The second-order valence-corrected chi connectivity index (χ2v) is 3.03. The highest BCUT2D eigenvalue weighted by molar-refractivity contribution is 5.76. The van der Waals surface area contributed by atoms with E-state index in [1.54, 1.807) is 0 Å². The Balaban J connectivity index is 2.75. The number of nitrogens with zero attached hydrogens (tertiary/aromatic N) is 2. The highest BCUT2D eigenvalue weighted by atomic mass is 16.4. The Morgan fingerprint density at radius 3 is 1.79 bits per heavy atom. The molecule has 1 heterocycles. The van der Waals surface area contributed by atoms with E-state index in [0.717, 1.165) is 9.80 Å². The molecule has 3 N–H and O–H groups in total. The first-order valence-electron chi connectivity index (χ1n) is 4.10. The number of aliphatic hydroxyl groups excluding tert-OH is 2. The van der Waals surface area contributed by atoms with Crippen molar-refractivity contribution in [3.63, 3.8) is 0 Å². The van der Waals surface area contributed by atoms with Gasteiger partial charge in [-0.2, -0.15) is 0 Å². The third-order valence-electron chi connectivity index (χ3n) is 2.00. The van der Waals surface area contributed by atoms with E-state index in [1.807, 2.05) is 0 Å². The zero-order valence-corrected chi connectivity index (χ0v) is 7.97. The predicted octanol–water partition coefficient (Wildman–Crippen LogP) is -2.20. The maximum absolute atomic E-state index is 11.0. The number of carbonyl (C=O) groups excluding carboxylic acids is 2. The van der Waals surface area contributed by atoms with E-state index >= 15 is 0 Å². The van der Waals surface area contributed by atoms with Crippen LogP contribution in [0.3, 0.4) is 0 Å². The minimum Gasteiger partial charge on any atom is -0.361 e. The lowest BCUT2D eigenvalue weighted by Crippen LogP contribution is -2.66. The Labute approximate surface area is 80.9 Å². The number of hydrogen-bond donors (Lipinski definition) is 3. The molecule has 80 valence electrons. The molecule has 0 spiro atoms. The van der Waals surface area contributed by atoms with E-state index in [9.17, 15) is 19.8 Å². The van der Waals surface area contributed by atoms with Crippen LogP contribution < -0.4 is 5.32 Å². The van der Waals surface area contributed by atoms with Crippen molar-refractivity contribution in [1.29, 1.82) is 0 Å². The van der Waals surface area contributed by atoms with Gasteiger partial charge in [0.25, 0.3) is 0 Å². The van der Waals surface area contributed by atoms with Crippen LogP contribution in [-0.2, 0) is 9.59 Å². The molecule has 0 aromatic rings. The van der Waals surface area contributed by atoms with E-state index in [1.165, 1.54) is 13.8 Å². The van der Waals surface area contributed by atoms with Crippen LogP contribution in [0.5, 0.6) is 0 Å². The molecule has 2 unspecified atom stereocenters. The first-order chi connectivity index (χ1) is 6.43. The van der Waals surface area contributed by atoms with Crippen molar-refractivity contribution in [2.45, 2.75) is 26.6 Å². The van der Waals surface area contributed by atoms with Gasteiger partial charge < -0.3 is 10.2 Å². The molecule has 0 aromatic carbocycles. The molecular formula is C7H13N3O4. The quantitative estimate of drug-likeness (QED) is 0.415. The van der Waals surface area contributed by atoms with E-state index in [-0.39, 0.29) is 18.5 Å². The van der Waals surface area contributed by atoms with E-state index in [2.05, 4.69) is 5.32 Å². The van der Waals surface area contributed by atoms with Gasteiger partial charge in [-0.25, -0.2) is 5.32 Å². The van der Waals surface area contributed by atoms with Gasteiger partial charge in [-0.3, -0.25) is 19.4 Å². The molecule has 1 aliphatic heterocycles. The fourth-order valence-electron chi connectivity index (χ4n) is 1.18. The minimum atomic E-state index is -1.27. The molecule has 7 nitrogen and oxygen atoms in total. The van der Waals surface area contributed by atoms with Gasteiger partial charge in [0.1, 0.15) is 6.67 Å². The van der Waals surface area contributed by atoms with Gasteiger partial charge in [-0.05, 0) is 0 Å². The molecule has 2 amide bonds. The number of carbonyl (C=O) groups is 2. The second-order valence-electron chi connectivity index (χ2n) is 3.03. The van der Waals surface area contributed by atoms with Crippen molar-refractivity contribution < 1.29 is 19.8 Å². The van der Waals surface area contributed by atoms with Crippen LogP contribution in [0.4, 0.5) is 0 Å². The predicted molar refractivity (Wildman–Crippen MR) is 45.1 cm³/mol. The molecule has 1 rings (SSSR count). The van der Waals surface area contributed by atoms with E-state index in [4.69, 9.17) is 0 Å². The topological polar surface area (TPSA) is 93.1 Å². The van der Waals surface area contributed by atoms with Crippen LogP contribution in [0.25, 0.3) is 0 Å². The van der Waals surface area contributed by atoms with Crippen LogP contribution in [0.2, 0.25) is 0 Å². The summed E-state index contributed by atoms with van der Waals surface area (Å²) in [5.41, 5.74) is 0. The summed E-state index contributed by atoms with van der Waals surface area (Å²) in [6.45, 7) is 2.40. The van der Waals surface area contributed by atoms with Gasteiger partial charge in [0.05, 0.1) is 0 Å². The molecular weight excluding hydrogens is 190 g/mol. The fourth-order valence-corrected chi connectivity index (χ4v) is 1.18. The Kier molecular flexibility index (Phi) is 3.04. The van der Waals surface area contributed by atoms with Gasteiger partial charge in [-0.1, -0.05) is 0 Å². The largest absolute Gasteiger partial charge is 0.361 e. The zero-order chi connectivity index (χ0) is 10.9. The minimum absolute atomic E-state index is 0.125. The summed E-state index contributed by atoms with van der Waals surface area (Å²) in [5, 5.41) is 20.9. The zero-order valence-electron chi connectivity index (χ0n) is 7.97. The molecule has 1 saturated heterocycles. The number of amides is 2. The van der Waals surface area contributed by atoms with Crippen molar-refractivity contribution in [2.75, 3.05) is 6.67 Å². The SMILES string of the molecule is CC(=O)N1CN(C(C)=O)C(O)NC1O. The van der Waals surface area contributed by atoms with Crippen molar-refractivity contribution in [3.8, 4) is 0 Å². The Morgan fingerprint density at radius 1 is 1.14 bits per heavy atom. The number of hydrogen-bond acceptors (Lipinski definition) is 5. The van der Waals surface area contributed by atoms with Crippen LogP contribution >= 0.6 is 0 Å². The molecule has 1 fully saturated rings. The molecule has 0 saturated carbocycles. The summed E-state index contributed by atoms with van der Waals surface area (Å²) in [7, 11) is 0. The van der Waals surface area contributed by atoms with Crippen LogP contribution in [0, 0.1) is 0 Å². The van der Waals surface area contributed by atoms with Crippen molar-refractivity contribution in [2.24, 2.45) is 0 Å². The summed E-state index contributed by atoms with van der Waals surface area (Å²) in [6.07, 6.45) is -2.53. The molecule has 0 aromatic heterocycles. The van der Waals surface area contributed by atoms with Crippen LogP contribution in [0.15, 0.2) is 0 Å². The van der Waals surface area contributed by atoms with E-state index in [0.29, 0.717) is 0 Å². The highest BCUT2D eigenvalue weighted by Crippen LogP contribution is 2.08. The molecule has 0 aliphatic carbocycles. The third kappa shape index (κ3) is 2.00. The van der Waals surface area contributed by atoms with Crippen molar-refractivity contribution in [1.82, 2.24) is 15.1 Å². The van der Waals surface area contributed by atoms with Crippen LogP contribution in [0.1, 0.15) is 13.8 Å². The maximum Gasteiger partial charge on any atom is 0.223 e. The molecule has 1 aliphatic rings. The molecule has 7 heteroatoms. The van der Waals surface area contributed by atoms with Gasteiger partial charge in [0.2, 0.25) is 11.8 Å². The summed E-state index contributed by atoms with van der Waals surface area (Å²) in [5.74, 6) is -0.772. The van der Waals surface area contributed by atoms with Gasteiger partial charge in [0, 0.05) is 13.8 Å². The first-order valence-corrected chi connectivity index (χ1v) is 4.10. The van der Waals surface area contributed by atoms with Gasteiger partial charge >= 0.3 is 0 Å². The standard InChI is InChI=1S/C7H13N3O4/c1-4(11)9-3-10(5(2)12)7(14)8-6(9)13/h6-8,13-14H,3H2,1-2H3. The monoisotopic (exact) mass is 203 g/mol. The molecule has 0 radical (unpaired) electrons. The average molecular weight is 203 g/mol.